The number of carbonyl (C=O) groups excluding carboxylic acids is 2. The maximum absolute atomic E-state index is 13.9. The molecule has 0 aliphatic carbocycles. The summed E-state index contributed by atoms with van der Waals surface area (Å²) in [5, 5.41) is 3.34. The molecule has 8 nitrogen and oxygen atoms in total. The van der Waals surface area contributed by atoms with Gasteiger partial charge in [0, 0.05) is 17.6 Å². The van der Waals surface area contributed by atoms with Crippen molar-refractivity contribution in [3.63, 3.8) is 0 Å². The van der Waals surface area contributed by atoms with E-state index in [1.54, 1.807) is 19.1 Å². The number of ether oxygens (including phenoxy) is 1. The van der Waals surface area contributed by atoms with Crippen molar-refractivity contribution in [1.29, 1.82) is 0 Å². The van der Waals surface area contributed by atoms with E-state index in [0.717, 1.165) is 16.3 Å². The number of nitrogens with one attached hydrogen (secondary N) is 1. The first-order valence-corrected chi connectivity index (χ1v) is 14.4. The third kappa shape index (κ3) is 7.74. The number of hydrogen-bond acceptors (Lipinski definition) is 5. The van der Waals surface area contributed by atoms with E-state index in [4.69, 9.17) is 16.3 Å². The second kappa shape index (κ2) is 13.5. The molecule has 0 bridgehead atoms. The number of benzene rings is 3. The molecule has 0 radical (unpaired) electrons. The Morgan fingerprint density at radius 1 is 0.949 bits per heavy atom. The summed E-state index contributed by atoms with van der Waals surface area (Å²) in [6.07, 6.45) is 0.732. The Balaban J connectivity index is 2.00. The van der Waals surface area contributed by atoms with Crippen molar-refractivity contribution in [2.75, 3.05) is 18.0 Å². The molecular weight excluding hydrogens is 538 g/mol. The third-order valence-electron chi connectivity index (χ3n) is 6.40. The zero-order valence-electron chi connectivity index (χ0n) is 22.5. The summed E-state index contributed by atoms with van der Waals surface area (Å²) in [4.78, 5) is 28.3. The Morgan fingerprint density at radius 3 is 2.13 bits per heavy atom. The number of anilines is 1. The predicted molar refractivity (Wildman–Crippen MR) is 153 cm³/mol. The molecule has 0 saturated carbocycles. The number of amides is 2. The second-order valence-corrected chi connectivity index (χ2v) is 11.5. The minimum atomic E-state index is -4.18. The molecule has 39 heavy (non-hydrogen) atoms. The molecule has 0 unspecified atom stereocenters. The monoisotopic (exact) mass is 571 g/mol. The maximum atomic E-state index is 13.9. The SMILES string of the molecule is CC[C@H](C)NC(=O)[C@@H](C)N(Cc1ccccc1)C(=O)CN(c1ccc(Cl)cc1)S(=O)(=O)c1ccc(OC)cc1. The van der Waals surface area contributed by atoms with Gasteiger partial charge in [-0.05, 0) is 74.4 Å². The van der Waals surface area contributed by atoms with E-state index in [9.17, 15) is 18.0 Å². The summed E-state index contributed by atoms with van der Waals surface area (Å²) >= 11 is 6.06. The van der Waals surface area contributed by atoms with Crippen LogP contribution in [0, 0.1) is 0 Å². The van der Waals surface area contributed by atoms with Crippen molar-refractivity contribution in [1.82, 2.24) is 10.2 Å². The van der Waals surface area contributed by atoms with Crippen LogP contribution in [0.4, 0.5) is 5.69 Å². The Morgan fingerprint density at radius 2 is 1.56 bits per heavy atom. The van der Waals surface area contributed by atoms with E-state index in [2.05, 4.69) is 5.32 Å². The number of halogens is 1. The number of sulfonamides is 1. The van der Waals surface area contributed by atoms with Gasteiger partial charge in [0.05, 0.1) is 17.7 Å². The fourth-order valence-corrected chi connectivity index (χ4v) is 5.38. The van der Waals surface area contributed by atoms with Gasteiger partial charge in [-0.2, -0.15) is 0 Å². The van der Waals surface area contributed by atoms with Gasteiger partial charge in [-0.15, -0.1) is 0 Å². The summed E-state index contributed by atoms with van der Waals surface area (Å²) in [5.74, 6) is -0.347. The van der Waals surface area contributed by atoms with Crippen LogP contribution in [-0.2, 0) is 26.2 Å². The molecule has 3 rings (SSSR count). The molecule has 3 aromatic carbocycles. The van der Waals surface area contributed by atoms with E-state index in [1.165, 1.54) is 48.4 Å². The summed E-state index contributed by atoms with van der Waals surface area (Å²) < 4.78 is 33.8. The normalized spacial score (nSPS) is 12.7. The van der Waals surface area contributed by atoms with E-state index in [1.807, 2.05) is 44.2 Å². The number of methoxy groups -OCH3 is 1. The van der Waals surface area contributed by atoms with Crippen LogP contribution < -0.4 is 14.4 Å². The Labute approximate surface area is 235 Å². The highest BCUT2D eigenvalue weighted by molar-refractivity contribution is 7.92. The first-order valence-electron chi connectivity index (χ1n) is 12.6. The lowest BCUT2D eigenvalue weighted by molar-refractivity contribution is -0.139. The Kier molecular flexibility index (Phi) is 10.4. The van der Waals surface area contributed by atoms with Crippen LogP contribution in [0.15, 0.2) is 83.8 Å². The van der Waals surface area contributed by atoms with Gasteiger partial charge in [0.2, 0.25) is 11.8 Å². The van der Waals surface area contributed by atoms with Crippen LogP contribution in [0.2, 0.25) is 5.02 Å². The second-order valence-electron chi connectivity index (χ2n) is 9.16. The first-order chi connectivity index (χ1) is 18.6. The van der Waals surface area contributed by atoms with Gasteiger partial charge in [-0.3, -0.25) is 13.9 Å². The lowest BCUT2D eigenvalue weighted by atomic mass is 10.1. The van der Waals surface area contributed by atoms with Crippen molar-refractivity contribution in [2.45, 2.75) is 50.7 Å². The van der Waals surface area contributed by atoms with Crippen molar-refractivity contribution in [3.8, 4) is 5.75 Å². The third-order valence-corrected chi connectivity index (χ3v) is 8.45. The molecule has 0 saturated heterocycles. The van der Waals surface area contributed by atoms with Crippen molar-refractivity contribution < 1.29 is 22.7 Å². The molecule has 3 aromatic rings. The number of nitrogens with zero attached hydrogens (tertiary/aromatic N) is 2. The van der Waals surface area contributed by atoms with Gasteiger partial charge in [0.1, 0.15) is 18.3 Å². The highest BCUT2D eigenvalue weighted by Gasteiger charge is 2.32. The summed E-state index contributed by atoms with van der Waals surface area (Å²) in [7, 11) is -2.69. The Hall–Kier alpha value is -3.56. The molecule has 0 spiro atoms. The van der Waals surface area contributed by atoms with Gasteiger partial charge in [-0.1, -0.05) is 48.9 Å². The molecule has 10 heteroatoms. The highest BCUT2D eigenvalue weighted by atomic mass is 35.5. The molecule has 208 valence electrons. The zero-order chi connectivity index (χ0) is 28.6. The Bertz CT molecular complexity index is 1350. The molecule has 1 N–H and O–H groups in total. The topological polar surface area (TPSA) is 96.0 Å². The van der Waals surface area contributed by atoms with Gasteiger partial charge >= 0.3 is 0 Å². The van der Waals surface area contributed by atoms with E-state index in [-0.39, 0.29) is 29.1 Å². The largest absolute Gasteiger partial charge is 0.497 e. The predicted octanol–water partition coefficient (Wildman–Crippen LogP) is 4.88. The molecular formula is C29H34ClN3O5S. The highest BCUT2D eigenvalue weighted by Crippen LogP contribution is 2.27. The molecule has 0 aromatic heterocycles. The lowest BCUT2D eigenvalue weighted by Gasteiger charge is -2.32. The van der Waals surface area contributed by atoms with Crippen LogP contribution in [0.1, 0.15) is 32.8 Å². The van der Waals surface area contributed by atoms with Crippen LogP contribution >= 0.6 is 11.6 Å². The fraction of sp³-hybridized carbons (Fsp3) is 0.310. The maximum Gasteiger partial charge on any atom is 0.264 e. The fourth-order valence-electron chi connectivity index (χ4n) is 3.84. The van der Waals surface area contributed by atoms with E-state index in [0.29, 0.717) is 10.8 Å². The number of hydrogen-bond donors (Lipinski definition) is 1. The summed E-state index contributed by atoms with van der Waals surface area (Å²) in [5.41, 5.74) is 1.07. The van der Waals surface area contributed by atoms with Crippen molar-refractivity contribution in [2.24, 2.45) is 0 Å². The number of rotatable bonds is 12. The number of carbonyl (C=O) groups is 2. The van der Waals surface area contributed by atoms with Gasteiger partial charge in [0.25, 0.3) is 10.0 Å². The van der Waals surface area contributed by atoms with Crippen LogP contribution in [-0.4, -0.2) is 50.9 Å². The first kappa shape index (κ1) is 30.0. The standard InChI is InChI=1S/C29H34ClN3O5S/c1-5-21(2)31-29(35)22(3)32(19-23-9-7-6-8-10-23)28(34)20-33(25-13-11-24(30)12-14-25)39(36,37)27-17-15-26(38-4)16-18-27/h6-18,21-22H,5,19-20H2,1-4H3,(H,31,35)/t21-,22+/m0/s1. The molecule has 0 fully saturated rings. The smallest absolute Gasteiger partial charge is 0.264 e. The minimum absolute atomic E-state index is 0.0109. The minimum Gasteiger partial charge on any atom is -0.497 e. The zero-order valence-corrected chi connectivity index (χ0v) is 24.1. The van der Waals surface area contributed by atoms with Gasteiger partial charge in [-0.25, -0.2) is 8.42 Å². The summed E-state index contributed by atoms with van der Waals surface area (Å²) in [6, 6.07) is 20.4. The average molecular weight is 572 g/mol. The molecule has 2 atom stereocenters. The quantitative estimate of drug-likeness (QED) is 0.334. The van der Waals surface area contributed by atoms with Crippen LogP contribution in [0.25, 0.3) is 0 Å². The van der Waals surface area contributed by atoms with Crippen molar-refractivity contribution >= 4 is 39.1 Å². The van der Waals surface area contributed by atoms with Gasteiger partial charge < -0.3 is 15.0 Å². The molecule has 0 aliphatic heterocycles. The van der Waals surface area contributed by atoms with E-state index < -0.39 is 28.5 Å². The molecule has 0 aliphatic rings. The lowest BCUT2D eigenvalue weighted by Crippen LogP contribution is -2.52. The van der Waals surface area contributed by atoms with Crippen LogP contribution in [0.3, 0.4) is 0 Å². The van der Waals surface area contributed by atoms with Crippen molar-refractivity contribution in [3.05, 3.63) is 89.4 Å². The van der Waals surface area contributed by atoms with Gasteiger partial charge in [0.15, 0.2) is 0 Å². The van der Waals surface area contributed by atoms with E-state index >= 15 is 0 Å². The van der Waals surface area contributed by atoms with Crippen LogP contribution in [0.5, 0.6) is 5.75 Å². The summed E-state index contributed by atoms with van der Waals surface area (Å²) in [6.45, 7) is 5.09. The molecule has 0 heterocycles. The molecule has 2 amide bonds. The average Bonchev–Trinajstić information content (AvgIpc) is 2.95.